The minimum atomic E-state index is 0.277. The lowest BCUT2D eigenvalue weighted by molar-refractivity contribution is 0.199. The van der Waals surface area contributed by atoms with Crippen LogP contribution in [0.2, 0.25) is 0 Å². The van der Waals surface area contributed by atoms with Gasteiger partial charge in [-0.1, -0.05) is 13.3 Å². The van der Waals surface area contributed by atoms with Crippen molar-refractivity contribution in [1.82, 2.24) is 9.97 Å². The summed E-state index contributed by atoms with van der Waals surface area (Å²) in [5, 5.41) is 15.9. The van der Waals surface area contributed by atoms with Crippen LogP contribution in [0.1, 0.15) is 32.6 Å². The first-order valence-corrected chi connectivity index (χ1v) is 7.46. The second kappa shape index (κ2) is 7.28. The number of hydrogen-bond donors (Lipinski definition) is 4. The molecule has 2 rings (SSSR count). The molecular weight excluding hydrogens is 254 g/mol. The number of anilines is 3. The van der Waals surface area contributed by atoms with Gasteiger partial charge in [0.2, 0.25) is 5.95 Å². The SMILES string of the molecule is CCCNc1cc(NCC2CCCC2CO)nc(N)n1. The molecule has 1 aromatic heterocycles. The molecule has 6 heteroatoms. The highest BCUT2D eigenvalue weighted by atomic mass is 16.3. The average Bonchev–Trinajstić information content (AvgIpc) is 2.90. The summed E-state index contributed by atoms with van der Waals surface area (Å²) in [5.74, 6) is 2.72. The molecule has 1 fully saturated rings. The van der Waals surface area contributed by atoms with Crippen molar-refractivity contribution in [2.24, 2.45) is 11.8 Å². The Morgan fingerprint density at radius 2 is 1.95 bits per heavy atom. The van der Waals surface area contributed by atoms with Gasteiger partial charge in [-0.2, -0.15) is 9.97 Å². The zero-order valence-electron chi connectivity index (χ0n) is 12.1. The molecule has 20 heavy (non-hydrogen) atoms. The Labute approximate surface area is 120 Å². The van der Waals surface area contributed by atoms with Gasteiger partial charge in [0.25, 0.3) is 0 Å². The number of aromatic nitrogens is 2. The summed E-state index contributed by atoms with van der Waals surface area (Å²) < 4.78 is 0. The number of hydrogen-bond acceptors (Lipinski definition) is 6. The van der Waals surface area contributed by atoms with Crippen LogP contribution in [0.5, 0.6) is 0 Å². The molecule has 0 amide bonds. The van der Waals surface area contributed by atoms with E-state index in [9.17, 15) is 5.11 Å². The first kappa shape index (κ1) is 14.8. The molecule has 1 saturated carbocycles. The Hall–Kier alpha value is -1.56. The van der Waals surface area contributed by atoms with Gasteiger partial charge in [0.05, 0.1) is 0 Å². The fourth-order valence-electron chi connectivity index (χ4n) is 2.76. The van der Waals surface area contributed by atoms with E-state index < -0.39 is 0 Å². The van der Waals surface area contributed by atoms with Crippen LogP contribution in [0.15, 0.2) is 6.07 Å². The third-order valence-corrected chi connectivity index (χ3v) is 3.90. The van der Waals surface area contributed by atoms with E-state index in [1.54, 1.807) is 0 Å². The largest absolute Gasteiger partial charge is 0.396 e. The molecule has 0 bridgehead atoms. The fourth-order valence-corrected chi connectivity index (χ4v) is 2.76. The minimum Gasteiger partial charge on any atom is -0.396 e. The highest BCUT2D eigenvalue weighted by Crippen LogP contribution is 2.31. The van der Waals surface area contributed by atoms with Crippen LogP contribution in [0.4, 0.5) is 17.6 Å². The quantitative estimate of drug-likeness (QED) is 0.607. The highest BCUT2D eigenvalue weighted by molar-refractivity contribution is 5.51. The Bertz CT molecular complexity index is 426. The van der Waals surface area contributed by atoms with Gasteiger partial charge in [-0.15, -0.1) is 0 Å². The van der Waals surface area contributed by atoms with Crippen molar-refractivity contribution in [3.8, 4) is 0 Å². The lowest BCUT2D eigenvalue weighted by atomic mass is 9.97. The van der Waals surface area contributed by atoms with Crippen LogP contribution in [-0.2, 0) is 0 Å². The lowest BCUT2D eigenvalue weighted by Crippen LogP contribution is -2.21. The van der Waals surface area contributed by atoms with Crippen molar-refractivity contribution in [2.75, 3.05) is 36.1 Å². The zero-order chi connectivity index (χ0) is 14.4. The van der Waals surface area contributed by atoms with Crippen molar-refractivity contribution in [3.05, 3.63) is 6.07 Å². The summed E-state index contributed by atoms with van der Waals surface area (Å²) in [5.41, 5.74) is 5.73. The lowest BCUT2D eigenvalue weighted by Gasteiger charge is -2.18. The Kier molecular flexibility index (Phi) is 5.40. The Balaban J connectivity index is 1.93. The molecule has 0 aliphatic heterocycles. The van der Waals surface area contributed by atoms with Gasteiger partial charge in [0.15, 0.2) is 0 Å². The van der Waals surface area contributed by atoms with Gasteiger partial charge in [-0.25, -0.2) is 0 Å². The van der Waals surface area contributed by atoms with Crippen LogP contribution in [0.25, 0.3) is 0 Å². The molecule has 0 spiro atoms. The van der Waals surface area contributed by atoms with E-state index in [0.29, 0.717) is 11.8 Å². The predicted octanol–water partition coefficient (Wildman–Crippen LogP) is 1.70. The van der Waals surface area contributed by atoms with Crippen LogP contribution in [-0.4, -0.2) is 34.8 Å². The Morgan fingerprint density at radius 3 is 2.65 bits per heavy atom. The number of nitrogens with zero attached hydrogens (tertiary/aromatic N) is 2. The third kappa shape index (κ3) is 3.96. The van der Waals surface area contributed by atoms with Gasteiger partial charge < -0.3 is 21.5 Å². The van der Waals surface area contributed by atoms with Gasteiger partial charge in [0.1, 0.15) is 11.6 Å². The van der Waals surface area contributed by atoms with Gasteiger partial charge in [-0.05, 0) is 31.1 Å². The normalized spacial score (nSPS) is 21.9. The summed E-state index contributed by atoms with van der Waals surface area (Å²) >= 11 is 0. The minimum absolute atomic E-state index is 0.277. The smallest absolute Gasteiger partial charge is 0.223 e. The fraction of sp³-hybridized carbons (Fsp3) is 0.714. The van der Waals surface area contributed by atoms with Gasteiger partial charge in [-0.3, -0.25) is 0 Å². The highest BCUT2D eigenvalue weighted by Gasteiger charge is 2.26. The number of nitrogens with one attached hydrogen (secondary N) is 2. The van der Waals surface area contributed by atoms with Crippen LogP contribution in [0, 0.1) is 11.8 Å². The van der Waals surface area contributed by atoms with Gasteiger partial charge in [0, 0.05) is 25.8 Å². The van der Waals surface area contributed by atoms with Crippen LogP contribution < -0.4 is 16.4 Å². The van der Waals surface area contributed by atoms with Crippen LogP contribution >= 0.6 is 0 Å². The maximum absolute atomic E-state index is 9.34. The maximum Gasteiger partial charge on any atom is 0.223 e. The molecule has 1 aromatic rings. The molecular formula is C14H25N5O. The third-order valence-electron chi connectivity index (χ3n) is 3.90. The number of nitrogens with two attached hydrogens (primary N) is 1. The summed E-state index contributed by atoms with van der Waals surface area (Å²) in [7, 11) is 0. The monoisotopic (exact) mass is 279 g/mol. The second-order valence-corrected chi connectivity index (χ2v) is 5.44. The van der Waals surface area contributed by atoms with Gasteiger partial charge >= 0.3 is 0 Å². The maximum atomic E-state index is 9.34. The molecule has 0 radical (unpaired) electrons. The Morgan fingerprint density at radius 1 is 1.25 bits per heavy atom. The van der Waals surface area contributed by atoms with E-state index in [1.165, 1.54) is 12.8 Å². The molecule has 1 aliphatic rings. The van der Waals surface area contributed by atoms with E-state index in [2.05, 4.69) is 27.5 Å². The first-order chi connectivity index (χ1) is 9.72. The first-order valence-electron chi connectivity index (χ1n) is 7.46. The van der Waals surface area contributed by atoms with Crippen molar-refractivity contribution in [1.29, 1.82) is 0 Å². The molecule has 112 valence electrons. The number of aliphatic hydroxyl groups excluding tert-OH is 1. The summed E-state index contributed by atoms with van der Waals surface area (Å²) in [6.07, 6.45) is 4.53. The van der Waals surface area contributed by atoms with E-state index in [0.717, 1.165) is 37.6 Å². The number of nitrogen functional groups attached to an aromatic ring is 1. The van der Waals surface area contributed by atoms with Crippen LogP contribution in [0.3, 0.4) is 0 Å². The second-order valence-electron chi connectivity index (χ2n) is 5.44. The summed E-state index contributed by atoms with van der Waals surface area (Å²) in [6, 6.07) is 1.88. The van der Waals surface area contributed by atoms with Crippen molar-refractivity contribution < 1.29 is 5.11 Å². The topological polar surface area (TPSA) is 96.1 Å². The van der Waals surface area contributed by atoms with Crippen molar-refractivity contribution in [2.45, 2.75) is 32.6 Å². The molecule has 0 aromatic carbocycles. The van der Waals surface area contributed by atoms with E-state index in [-0.39, 0.29) is 12.6 Å². The molecule has 1 heterocycles. The molecule has 6 nitrogen and oxygen atoms in total. The predicted molar refractivity (Wildman–Crippen MR) is 81.6 cm³/mol. The number of aliphatic hydroxyl groups is 1. The van der Waals surface area contributed by atoms with Crippen molar-refractivity contribution in [3.63, 3.8) is 0 Å². The average molecular weight is 279 g/mol. The van der Waals surface area contributed by atoms with E-state index in [1.807, 2.05) is 6.07 Å². The molecule has 5 N–H and O–H groups in total. The van der Waals surface area contributed by atoms with E-state index in [4.69, 9.17) is 5.73 Å². The molecule has 2 unspecified atom stereocenters. The summed E-state index contributed by atoms with van der Waals surface area (Å²) in [4.78, 5) is 8.36. The molecule has 1 aliphatic carbocycles. The number of rotatable bonds is 7. The van der Waals surface area contributed by atoms with E-state index >= 15 is 0 Å². The van der Waals surface area contributed by atoms with Crippen molar-refractivity contribution >= 4 is 17.6 Å². The standard InChI is InChI=1S/C14H25N5O/c1-2-6-16-12-7-13(19-14(15)18-12)17-8-10-4-3-5-11(10)9-20/h7,10-11,20H,2-6,8-9H2,1H3,(H4,15,16,17,18,19). The molecule has 0 saturated heterocycles. The zero-order valence-corrected chi connectivity index (χ0v) is 12.1. The summed E-state index contributed by atoms with van der Waals surface area (Å²) in [6.45, 7) is 4.08. The molecule has 2 atom stereocenters.